The SMILES string of the molecule is Cc1ccc(S(=O)(=O)N2CCC[C@H]2C(=O)Nc2ccc(C(=O)Nc3nccs3)cc2)cc1. The van der Waals surface area contributed by atoms with E-state index in [1.165, 1.54) is 15.6 Å². The van der Waals surface area contributed by atoms with Gasteiger partial charge in [0.25, 0.3) is 5.91 Å². The average molecular weight is 471 g/mol. The van der Waals surface area contributed by atoms with E-state index in [1.54, 1.807) is 60.1 Å². The van der Waals surface area contributed by atoms with Crippen molar-refractivity contribution in [1.29, 1.82) is 0 Å². The third-order valence-electron chi connectivity index (χ3n) is 5.20. The Kier molecular flexibility index (Phi) is 6.35. The second-order valence-corrected chi connectivity index (χ2v) is 10.2. The van der Waals surface area contributed by atoms with E-state index >= 15 is 0 Å². The van der Waals surface area contributed by atoms with Gasteiger partial charge in [0, 0.05) is 29.4 Å². The van der Waals surface area contributed by atoms with E-state index in [-0.39, 0.29) is 10.8 Å². The first-order valence-electron chi connectivity index (χ1n) is 10.0. The molecule has 32 heavy (non-hydrogen) atoms. The summed E-state index contributed by atoms with van der Waals surface area (Å²) in [5.41, 5.74) is 1.87. The van der Waals surface area contributed by atoms with Crippen molar-refractivity contribution in [2.75, 3.05) is 17.2 Å². The molecule has 10 heteroatoms. The lowest BCUT2D eigenvalue weighted by molar-refractivity contribution is -0.119. The number of hydrogen-bond acceptors (Lipinski definition) is 6. The molecule has 2 aromatic carbocycles. The number of carbonyl (C=O) groups excluding carboxylic acids is 2. The molecule has 0 spiro atoms. The maximum atomic E-state index is 13.1. The molecule has 0 saturated carbocycles. The van der Waals surface area contributed by atoms with Gasteiger partial charge in [-0.05, 0) is 56.2 Å². The van der Waals surface area contributed by atoms with Gasteiger partial charge in [0.2, 0.25) is 15.9 Å². The van der Waals surface area contributed by atoms with Crippen molar-refractivity contribution in [1.82, 2.24) is 9.29 Å². The monoisotopic (exact) mass is 470 g/mol. The highest BCUT2D eigenvalue weighted by Crippen LogP contribution is 2.27. The van der Waals surface area contributed by atoms with Crippen LogP contribution in [0.4, 0.5) is 10.8 Å². The van der Waals surface area contributed by atoms with Crippen LogP contribution in [0.3, 0.4) is 0 Å². The van der Waals surface area contributed by atoms with Gasteiger partial charge in [0.05, 0.1) is 4.90 Å². The summed E-state index contributed by atoms with van der Waals surface area (Å²) < 4.78 is 27.4. The van der Waals surface area contributed by atoms with Crippen LogP contribution in [0.25, 0.3) is 0 Å². The first kappa shape index (κ1) is 22.1. The minimum absolute atomic E-state index is 0.179. The van der Waals surface area contributed by atoms with Crippen LogP contribution in [0, 0.1) is 6.92 Å². The summed E-state index contributed by atoms with van der Waals surface area (Å²) in [6.45, 7) is 2.18. The zero-order valence-electron chi connectivity index (χ0n) is 17.3. The van der Waals surface area contributed by atoms with Gasteiger partial charge in [0.1, 0.15) is 6.04 Å². The number of amides is 2. The smallest absolute Gasteiger partial charge is 0.257 e. The maximum Gasteiger partial charge on any atom is 0.257 e. The third-order valence-corrected chi connectivity index (χ3v) is 7.81. The van der Waals surface area contributed by atoms with Gasteiger partial charge in [-0.25, -0.2) is 13.4 Å². The maximum absolute atomic E-state index is 13.1. The Labute approximate surface area is 190 Å². The van der Waals surface area contributed by atoms with E-state index in [2.05, 4.69) is 15.6 Å². The van der Waals surface area contributed by atoms with E-state index < -0.39 is 22.0 Å². The molecule has 2 heterocycles. The minimum atomic E-state index is -3.77. The molecule has 4 rings (SSSR count). The highest BCUT2D eigenvalue weighted by atomic mass is 32.2. The lowest BCUT2D eigenvalue weighted by atomic mass is 10.1. The summed E-state index contributed by atoms with van der Waals surface area (Å²) >= 11 is 1.32. The van der Waals surface area contributed by atoms with Crippen LogP contribution in [0.15, 0.2) is 65.0 Å². The molecule has 8 nitrogen and oxygen atoms in total. The summed E-state index contributed by atoms with van der Waals surface area (Å²) in [4.78, 5) is 29.3. The number of aryl methyl sites for hydroxylation is 1. The normalized spacial score (nSPS) is 16.6. The van der Waals surface area contributed by atoms with Gasteiger partial charge in [-0.15, -0.1) is 11.3 Å². The van der Waals surface area contributed by atoms with Crippen LogP contribution in [0.5, 0.6) is 0 Å². The number of anilines is 2. The van der Waals surface area contributed by atoms with Crippen molar-refractivity contribution in [3.8, 4) is 0 Å². The first-order chi connectivity index (χ1) is 15.3. The van der Waals surface area contributed by atoms with Crippen LogP contribution in [0.1, 0.15) is 28.8 Å². The number of hydrogen-bond donors (Lipinski definition) is 2. The molecule has 1 aliphatic rings. The highest BCUT2D eigenvalue weighted by molar-refractivity contribution is 7.89. The summed E-state index contributed by atoms with van der Waals surface area (Å²) in [7, 11) is -3.77. The third kappa shape index (κ3) is 4.72. The second kappa shape index (κ2) is 9.19. The fraction of sp³-hybridized carbons (Fsp3) is 0.227. The fourth-order valence-electron chi connectivity index (χ4n) is 3.52. The summed E-state index contributed by atoms with van der Waals surface area (Å²) in [5, 5.41) is 7.73. The predicted octanol–water partition coefficient (Wildman–Crippen LogP) is 3.50. The number of nitrogens with zero attached hydrogens (tertiary/aromatic N) is 2. The first-order valence-corrected chi connectivity index (χ1v) is 12.4. The lowest BCUT2D eigenvalue weighted by Crippen LogP contribution is -2.43. The van der Waals surface area contributed by atoms with Crippen LogP contribution >= 0.6 is 11.3 Å². The van der Waals surface area contributed by atoms with Crippen molar-refractivity contribution in [2.45, 2.75) is 30.7 Å². The van der Waals surface area contributed by atoms with E-state index in [0.29, 0.717) is 35.8 Å². The number of benzene rings is 2. The molecule has 2 amide bonds. The molecule has 0 unspecified atom stereocenters. The van der Waals surface area contributed by atoms with Gasteiger partial charge >= 0.3 is 0 Å². The van der Waals surface area contributed by atoms with Crippen molar-refractivity contribution in [2.24, 2.45) is 0 Å². The van der Waals surface area contributed by atoms with Gasteiger partial charge in [-0.2, -0.15) is 4.31 Å². The molecule has 166 valence electrons. The van der Waals surface area contributed by atoms with Crippen LogP contribution in [-0.2, 0) is 14.8 Å². The molecule has 3 aromatic rings. The Morgan fingerprint density at radius 3 is 2.44 bits per heavy atom. The van der Waals surface area contributed by atoms with Gasteiger partial charge < -0.3 is 5.32 Å². The Balaban J connectivity index is 1.43. The quantitative estimate of drug-likeness (QED) is 0.573. The molecule has 0 aliphatic carbocycles. The number of aromatic nitrogens is 1. The average Bonchev–Trinajstić information content (AvgIpc) is 3.47. The van der Waals surface area contributed by atoms with Gasteiger partial charge in [0.15, 0.2) is 5.13 Å². The Hall–Kier alpha value is -3.08. The molecular weight excluding hydrogens is 448 g/mol. The minimum Gasteiger partial charge on any atom is -0.325 e. The lowest BCUT2D eigenvalue weighted by Gasteiger charge is -2.23. The number of carbonyl (C=O) groups is 2. The molecule has 2 N–H and O–H groups in total. The van der Waals surface area contributed by atoms with Crippen molar-refractivity contribution in [3.63, 3.8) is 0 Å². The Morgan fingerprint density at radius 1 is 1.06 bits per heavy atom. The van der Waals surface area contributed by atoms with E-state index in [4.69, 9.17) is 0 Å². The molecule has 1 atom stereocenters. The summed E-state index contributed by atoms with van der Waals surface area (Å²) in [6, 6.07) is 12.2. The van der Waals surface area contributed by atoms with Gasteiger partial charge in [-0.3, -0.25) is 14.9 Å². The molecule has 1 aromatic heterocycles. The van der Waals surface area contributed by atoms with Crippen LogP contribution < -0.4 is 10.6 Å². The van der Waals surface area contributed by atoms with Crippen molar-refractivity contribution < 1.29 is 18.0 Å². The van der Waals surface area contributed by atoms with Crippen LogP contribution in [-0.4, -0.2) is 42.1 Å². The summed E-state index contributed by atoms with van der Waals surface area (Å²) in [6.07, 6.45) is 2.66. The van der Waals surface area contributed by atoms with E-state index in [9.17, 15) is 18.0 Å². The standard InChI is InChI=1S/C22H22N4O4S2/c1-15-4-10-18(11-5-15)32(29,30)26-13-2-3-19(26)21(28)24-17-8-6-16(7-9-17)20(27)25-22-23-12-14-31-22/h4-12,14,19H,2-3,13H2,1H3,(H,24,28)(H,23,25,27)/t19-/m0/s1. The highest BCUT2D eigenvalue weighted by Gasteiger charge is 2.39. The molecule has 1 fully saturated rings. The zero-order chi connectivity index (χ0) is 22.7. The van der Waals surface area contributed by atoms with E-state index in [0.717, 1.165) is 5.56 Å². The van der Waals surface area contributed by atoms with Crippen LogP contribution in [0.2, 0.25) is 0 Å². The molecular formula is C22H22N4O4S2. The number of sulfonamides is 1. The predicted molar refractivity (Wildman–Crippen MR) is 123 cm³/mol. The van der Waals surface area contributed by atoms with Crippen molar-refractivity contribution >= 4 is 44.0 Å². The Bertz CT molecular complexity index is 1210. The van der Waals surface area contributed by atoms with Gasteiger partial charge in [-0.1, -0.05) is 17.7 Å². The molecule has 0 radical (unpaired) electrons. The molecule has 0 bridgehead atoms. The van der Waals surface area contributed by atoms with E-state index in [1.807, 2.05) is 6.92 Å². The number of thiazole rings is 1. The van der Waals surface area contributed by atoms with Crippen molar-refractivity contribution in [3.05, 3.63) is 71.2 Å². The Morgan fingerprint density at radius 2 is 1.78 bits per heavy atom. The zero-order valence-corrected chi connectivity index (χ0v) is 18.9. The molecule has 1 aliphatic heterocycles. The number of rotatable bonds is 6. The topological polar surface area (TPSA) is 108 Å². The summed E-state index contributed by atoms with van der Waals surface area (Å²) in [5.74, 6) is -0.692. The second-order valence-electron chi connectivity index (χ2n) is 7.44. The molecule has 1 saturated heterocycles. The fourth-order valence-corrected chi connectivity index (χ4v) is 5.70. The number of nitrogens with one attached hydrogen (secondary N) is 2. The largest absolute Gasteiger partial charge is 0.325 e.